The van der Waals surface area contributed by atoms with Crippen molar-refractivity contribution in [2.75, 3.05) is 21.3 Å². The SMILES string of the molecule is C/C=C/CCc1cc(OC)c(OC)c(OC)c1. The molecule has 0 N–H and O–H groups in total. The summed E-state index contributed by atoms with van der Waals surface area (Å²) in [4.78, 5) is 0. The van der Waals surface area contributed by atoms with E-state index in [0.29, 0.717) is 17.2 Å². The molecule has 0 aliphatic rings. The third-order valence-corrected chi connectivity index (χ3v) is 2.56. The topological polar surface area (TPSA) is 27.7 Å². The van der Waals surface area contributed by atoms with Crippen LogP contribution in [0.5, 0.6) is 17.2 Å². The summed E-state index contributed by atoms with van der Waals surface area (Å²) < 4.78 is 15.9. The van der Waals surface area contributed by atoms with Crippen LogP contribution in [0.25, 0.3) is 0 Å². The first-order chi connectivity index (χ1) is 8.26. The van der Waals surface area contributed by atoms with Crippen molar-refractivity contribution in [2.45, 2.75) is 19.8 Å². The van der Waals surface area contributed by atoms with Crippen molar-refractivity contribution in [3.05, 3.63) is 29.8 Å². The summed E-state index contributed by atoms with van der Waals surface area (Å²) in [6, 6.07) is 3.98. The third-order valence-electron chi connectivity index (χ3n) is 2.56. The molecular formula is C14H20O3. The molecule has 0 aromatic heterocycles. The van der Waals surface area contributed by atoms with Crippen LogP contribution in [0.3, 0.4) is 0 Å². The van der Waals surface area contributed by atoms with Gasteiger partial charge in [0, 0.05) is 0 Å². The molecule has 17 heavy (non-hydrogen) atoms. The Morgan fingerprint density at radius 2 is 1.59 bits per heavy atom. The summed E-state index contributed by atoms with van der Waals surface area (Å²) in [5.74, 6) is 2.06. The molecule has 0 heterocycles. The fourth-order valence-electron chi connectivity index (χ4n) is 1.70. The molecule has 0 saturated heterocycles. The summed E-state index contributed by atoms with van der Waals surface area (Å²) in [5.41, 5.74) is 1.18. The van der Waals surface area contributed by atoms with E-state index in [1.807, 2.05) is 19.1 Å². The zero-order chi connectivity index (χ0) is 12.7. The predicted molar refractivity (Wildman–Crippen MR) is 69.2 cm³/mol. The Morgan fingerprint density at radius 1 is 1.00 bits per heavy atom. The lowest BCUT2D eigenvalue weighted by Crippen LogP contribution is -1.97. The molecule has 0 fully saturated rings. The number of hydrogen-bond acceptors (Lipinski definition) is 3. The van der Waals surface area contributed by atoms with Gasteiger partial charge >= 0.3 is 0 Å². The fraction of sp³-hybridized carbons (Fsp3) is 0.429. The van der Waals surface area contributed by atoms with Gasteiger partial charge in [-0.25, -0.2) is 0 Å². The molecule has 1 rings (SSSR count). The van der Waals surface area contributed by atoms with Crippen molar-refractivity contribution in [1.29, 1.82) is 0 Å². The Balaban J connectivity index is 3.00. The van der Waals surface area contributed by atoms with Crippen LogP contribution >= 0.6 is 0 Å². The second-order valence-corrected chi connectivity index (χ2v) is 3.64. The molecule has 0 amide bonds. The zero-order valence-corrected chi connectivity index (χ0v) is 10.9. The highest BCUT2D eigenvalue weighted by Crippen LogP contribution is 2.38. The van der Waals surface area contributed by atoms with E-state index in [2.05, 4.69) is 12.2 Å². The van der Waals surface area contributed by atoms with Crippen molar-refractivity contribution in [2.24, 2.45) is 0 Å². The Hall–Kier alpha value is -1.64. The molecule has 0 bridgehead atoms. The van der Waals surface area contributed by atoms with Gasteiger partial charge in [-0.05, 0) is 37.5 Å². The summed E-state index contributed by atoms with van der Waals surface area (Å²) >= 11 is 0. The highest BCUT2D eigenvalue weighted by Gasteiger charge is 2.12. The van der Waals surface area contributed by atoms with Crippen molar-refractivity contribution in [3.8, 4) is 17.2 Å². The molecule has 0 aliphatic heterocycles. The minimum atomic E-state index is 0.643. The summed E-state index contributed by atoms with van der Waals surface area (Å²) in [7, 11) is 4.87. The van der Waals surface area contributed by atoms with Crippen molar-refractivity contribution >= 4 is 0 Å². The van der Waals surface area contributed by atoms with Crippen LogP contribution in [-0.2, 0) is 6.42 Å². The van der Waals surface area contributed by atoms with Gasteiger partial charge in [-0.3, -0.25) is 0 Å². The molecule has 94 valence electrons. The van der Waals surface area contributed by atoms with Gasteiger partial charge in [-0.2, -0.15) is 0 Å². The highest BCUT2D eigenvalue weighted by molar-refractivity contribution is 5.53. The number of hydrogen-bond donors (Lipinski definition) is 0. The first kappa shape index (κ1) is 13.4. The molecule has 0 atom stereocenters. The number of allylic oxidation sites excluding steroid dienone is 2. The van der Waals surface area contributed by atoms with E-state index in [1.54, 1.807) is 21.3 Å². The van der Waals surface area contributed by atoms with E-state index >= 15 is 0 Å². The molecule has 3 heteroatoms. The molecular weight excluding hydrogens is 216 g/mol. The van der Waals surface area contributed by atoms with Gasteiger partial charge in [0.1, 0.15) is 0 Å². The lowest BCUT2D eigenvalue weighted by molar-refractivity contribution is 0.324. The van der Waals surface area contributed by atoms with E-state index in [9.17, 15) is 0 Å². The largest absolute Gasteiger partial charge is 0.493 e. The number of benzene rings is 1. The standard InChI is InChI=1S/C14H20O3/c1-5-6-7-8-11-9-12(15-2)14(17-4)13(10-11)16-3/h5-6,9-10H,7-8H2,1-4H3/b6-5+. The first-order valence-electron chi connectivity index (χ1n) is 5.66. The van der Waals surface area contributed by atoms with Crippen molar-refractivity contribution < 1.29 is 14.2 Å². The van der Waals surface area contributed by atoms with Crippen molar-refractivity contribution in [1.82, 2.24) is 0 Å². The monoisotopic (exact) mass is 236 g/mol. The lowest BCUT2D eigenvalue weighted by atomic mass is 10.1. The Morgan fingerprint density at radius 3 is 2.00 bits per heavy atom. The minimum Gasteiger partial charge on any atom is -0.493 e. The van der Waals surface area contributed by atoms with Gasteiger partial charge in [0.2, 0.25) is 5.75 Å². The van der Waals surface area contributed by atoms with Gasteiger partial charge in [0.25, 0.3) is 0 Å². The molecule has 0 radical (unpaired) electrons. The quantitative estimate of drug-likeness (QED) is 0.710. The number of methoxy groups -OCH3 is 3. The molecule has 1 aromatic rings. The second-order valence-electron chi connectivity index (χ2n) is 3.64. The summed E-state index contributed by atoms with van der Waals surface area (Å²) in [5, 5.41) is 0. The smallest absolute Gasteiger partial charge is 0.203 e. The van der Waals surface area contributed by atoms with Gasteiger partial charge in [-0.15, -0.1) is 0 Å². The van der Waals surface area contributed by atoms with Gasteiger partial charge < -0.3 is 14.2 Å². The average Bonchev–Trinajstić information content (AvgIpc) is 2.37. The van der Waals surface area contributed by atoms with Crippen LogP contribution < -0.4 is 14.2 Å². The summed E-state index contributed by atoms with van der Waals surface area (Å²) in [6.07, 6.45) is 6.16. The van der Waals surface area contributed by atoms with E-state index in [4.69, 9.17) is 14.2 Å². The van der Waals surface area contributed by atoms with E-state index in [0.717, 1.165) is 12.8 Å². The third kappa shape index (κ3) is 3.41. The normalized spacial score (nSPS) is 10.6. The highest BCUT2D eigenvalue weighted by atomic mass is 16.5. The maximum atomic E-state index is 5.30. The molecule has 0 aliphatic carbocycles. The molecule has 1 aromatic carbocycles. The second kappa shape index (κ2) is 6.84. The van der Waals surface area contributed by atoms with Crippen LogP contribution in [0, 0.1) is 0 Å². The van der Waals surface area contributed by atoms with Crippen LogP contribution in [0.2, 0.25) is 0 Å². The molecule has 3 nitrogen and oxygen atoms in total. The molecule has 0 unspecified atom stereocenters. The maximum Gasteiger partial charge on any atom is 0.203 e. The fourth-order valence-corrected chi connectivity index (χ4v) is 1.70. The molecule has 0 spiro atoms. The molecule has 0 saturated carbocycles. The van der Waals surface area contributed by atoms with E-state index in [1.165, 1.54) is 5.56 Å². The first-order valence-corrected chi connectivity index (χ1v) is 5.66. The summed E-state index contributed by atoms with van der Waals surface area (Å²) in [6.45, 7) is 2.02. The van der Waals surface area contributed by atoms with Gasteiger partial charge in [0.15, 0.2) is 11.5 Å². The van der Waals surface area contributed by atoms with Crippen LogP contribution in [-0.4, -0.2) is 21.3 Å². The van der Waals surface area contributed by atoms with Crippen LogP contribution in [0.1, 0.15) is 18.9 Å². The number of ether oxygens (including phenoxy) is 3. The zero-order valence-electron chi connectivity index (χ0n) is 10.9. The van der Waals surface area contributed by atoms with E-state index < -0.39 is 0 Å². The Bertz CT molecular complexity index is 358. The lowest BCUT2D eigenvalue weighted by Gasteiger charge is -2.13. The van der Waals surface area contributed by atoms with Crippen LogP contribution in [0.4, 0.5) is 0 Å². The average molecular weight is 236 g/mol. The van der Waals surface area contributed by atoms with Crippen LogP contribution in [0.15, 0.2) is 24.3 Å². The van der Waals surface area contributed by atoms with E-state index in [-0.39, 0.29) is 0 Å². The van der Waals surface area contributed by atoms with Crippen molar-refractivity contribution in [3.63, 3.8) is 0 Å². The Labute approximate surface area is 103 Å². The van der Waals surface area contributed by atoms with Gasteiger partial charge in [-0.1, -0.05) is 12.2 Å². The Kier molecular flexibility index (Phi) is 5.40. The maximum absolute atomic E-state index is 5.30. The minimum absolute atomic E-state index is 0.643. The van der Waals surface area contributed by atoms with Gasteiger partial charge in [0.05, 0.1) is 21.3 Å². The predicted octanol–water partition coefficient (Wildman–Crippen LogP) is 3.22. The number of aryl methyl sites for hydroxylation is 1. The number of rotatable bonds is 6.